The number of H-pyrrole nitrogens is 1. The summed E-state index contributed by atoms with van der Waals surface area (Å²) in [5.41, 5.74) is 2.74. The fourth-order valence-corrected chi connectivity index (χ4v) is 1.97. The van der Waals surface area contributed by atoms with Crippen LogP contribution < -0.4 is 10.1 Å². The van der Waals surface area contributed by atoms with E-state index in [0.717, 1.165) is 22.5 Å². The summed E-state index contributed by atoms with van der Waals surface area (Å²) in [6.07, 6.45) is 0. The number of rotatable bonds is 3. The van der Waals surface area contributed by atoms with Gasteiger partial charge >= 0.3 is 0 Å². The van der Waals surface area contributed by atoms with Gasteiger partial charge in [0.25, 0.3) is 0 Å². The summed E-state index contributed by atoms with van der Waals surface area (Å²) in [4.78, 5) is 7.65. The van der Waals surface area contributed by atoms with E-state index in [2.05, 4.69) is 15.3 Å². The van der Waals surface area contributed by atoms with Gasteiger partial charge in [0, 0.05) is 16.8 Å². The summed E-state index contributed by atoms with van der Waals surface area (Å²) in [5, 5.41) is 3.90. The van der Waals surface area contributed by atoms with Crippen LogP contribution in [0.4, 0.5) is 11.6 Å². The van der Waals surface area contributed by atoms with Crippen molar-refractivity contribution in [3.05, 3.63) is 47.5 Å². The van der Waals surface area contributed by atoms with E-state index < -0.39 is 0 Å². The highest BCUT2D eigenvalue weighted by atomic mass is 35.5. The lowest BCUT2D eigenvalue weighted by atomic mass is 10.3. The Kier molecular flexibility index (Phi) is 3.01. The van der Waals surface area contributed by atoms with E-state index in [0.29, 0.717) is 11.0 Å². The molecule has 2 N–H and O–H groups in total. The highest BCUT2D eigenvalue weighted by Crippen LogP contribution is 2.22. The van der Waals surface area contributed by atoms with E-state index >= 15 is 0 Å². The van der Waals surface area contributed by atoms with Gasteiger partial charge in [0.1, 0.15) is 5.75 Å². The molecule has 3 rings (SSSR count). The van der Waals surface area contributed by atoms with Crippen molar-refractivity contribution in [3.8, 4) is 5.75 Å². The second-order valence-electron chi connectivity index (χ2n) is 4.10. The zero-order valence-corrected chi connectivity index (χ0v) is 11.0. The highest BCUT2D eigenvalue weighted by Gasteiger charge is 2.04. The van der Waals surface area contributed by atoms with Gasteiger partial charge in [0.15, 0.2) is 0 Å². The zero-order valence-electron chi connectivity index (χ0n) is 10.3. The Morgan fingerprint density at radius 1 is 1.16 bits per heavy atom. The minimum atomic E-state index is 0.686. The Morgan fingerprint density at radius 3 is 2.68 bits per heavy atom. The van der Waals surface area contributed by atoms with E-state index in [1.807, 2.05) is 42.5 Å². The van der Waals surface area contributed by atoms with Crippen LogP contribution in [0.3, 0.4) is 0 Å². The van der Waals surface area contributed by atoms with E-state index in [-0.39, 0.29) is 0 Å². The van der Waals surface area contributed by atoms with Gasteiger partial charge in [-0.1, -0.05) is 11.6 Å². The Hall–Kier alpha value is -2.20. The number of ether oxygens (including phenoxy) is 1. The molecule has 0 bridgehead atoms. The first-order valence-electron chi connectivity index (χ1n) is 5.81. The molecule has 4 nitrogen and oxygen atoms in total. The van der Waals surface area contributed by atoms with E-state index in [1.54, 1.807) is 7.11 Å². The Labute approximate surface area is 115 Å². The molecule has 2 aromatic carbocycles. The SMILES string of the molecule is COc1ccc2nc(Nc3ccc(Cl)cc3)[nH]c2c1. The van der Waals surface area contributed by atoms with Gasteiger partial charge in [-0.15, -0.1) is 0 Å². The Morgan fingerprint density at radius 2 is 1.95 bits per heavy atom. The predicted octanol–water partition coefficient (Wildman–Crippen LogP) is 3.97. The van der Waals surface area contributed by atoms with E-state index in [1.165, 1.54) is 0 Å². The number of halogens is 1. The first-order chi connectivity index (χ1) is 9.24. The van der Waals surface area contributed by atoms with Crippen molar-refractivity contribution < 1.29 is 4.74 Å². The molecule has 0 saturated heterocycles. The minimum Gasteiger partial charge on any atom is -0.497 e. The molecular formula is C14H12ClN3O. The largest absolute Gasteiger partial charge is 0.497 e. The number of fused-ring (bicyclic) bond motifs is 1. The van der Waals surface area contributed by atoms with Gasteiger partial charge in [-0.3, -0.25) is 0 Å². The van der Waals surface area contributed by atoms with E-state index in [4.69, 9.17) is 16.3 Å². The van der Waals surface area contributed by atoms with Crippen LogP contribution in [0.15, 0.2) is 42.5 Å². The quantitative estimate of drug-likeness (QED) is 0.759. The summed E-state index contributed by atoms with van der Waals surface area (Å²) >= 11 is 5.85. The molecule has 1 aromatic heterocycles. The lowest BCUT2D eigenvalue weighted by molar-refractivity contribution is 0.415. The number of hydrogen-bond donors (Lipinski definition) is 2. The normalized spacial score (nSPS) is 10.6. The van der Waals surface area contributed by atoms with Crippen LogP contribution in [0, 0.1) is 0 Å². The second kappa shape index (κ2) is 4.82. The molecule has 0 spiro atoms. The number of benzene rings is 2. The van der Waals surface area contributed by atoms with Gasteiger partial charge in [0.2, 0.25) is 5.95 Å². The summed E-state index contributed by atoms with van der Waals surface area (Å²) < 4.78 is 5.18. The summed E-state index contributed by atoms with van der Waals surface area (Å²) in [5.74, 6) is 1.49. The van der Waals surface area contributed by atoms with Gasteiger partial charge in [0.05, 0.1) is 18.1 Å². The van der Waals surface area contributed by atoms with Gasteiger partial charge in [-0.2, -0.15) is 0 Å². The average Bonchev–Trinajstić information content (AvgIpc) is 2.82. The van der Waals surface area contributed by atoms with Crippen molar-refractivity contribution in [3.63, 3.8) is 0 Å². The minimum absolute atomic E-state index is 0.686. The standard InChI is InChI=1S/C14H12ClN3O/c1-19-11-6-7-12-13(8-11)18-14(17-12)16-10-4-2-9(15)3-5-10/h2-8H,1H3,(H2,16,17,18). The second-order valence-corrected chi connectivity index (χ2v) is 4.54. The number of methoxy groups -OCH3 is 1. The molecule has 0 atom stereocenters. The lowest BCUT2D eigenvalue weighted by Gasteiger charge is -2.01. The Bertz CT molecular complexity index is 706. The van der Waals surface area contributed by atoms with Gasteiger partial charge < -0.3 is 15.0 Å². The first-order valence-corrected chi connectivity index (χ1v) is 6.19. The number of imidazole rings is 1. The third-order valence-corrected chi connectivity index (χ3v) is 3.05. The monoisotopic (exact) mass is 273 g/mol. The number of aromatic nitrogens is 2. The third kappa shape index (κ3) is 2.48. The molecule has 0 saturated carbocycles. The number of aromatic amines is 1. The van der Waals surface area contributed by atoms with Crippen LogP contribution in [0.5, 0.6) is 5.75 Å². The van der Waals surface area contributed by atoms with Crippen LogP contribution in [0.25, 0.3) is 11.0 Å². The molecule has 0 radical (unpaired) electrons. The lowest BCUT2D eigenvalue weighted by Crippen LogP contribution is -1.91. The summed E-state index contributed by atoms with van der Waals surface area (Å²) in [6, 6.07) is 13.2. The molecule has 0 aliphatic heterocycles. The molecule has 3 aromatic rings. The maximum atomic E-state index is 5.85. The smallest absolute Gasteiger partial charge is 0.205 e. The Balaban J connectivity index is 1.90. The van der Waals surface area contributed by atoms with Crippen molar-refractivity contribution in [1.82, 2.24) is 9.97 Å². The molecular weight excluding hydrogens is 262 g/mol. The molecule has 0 unspecified atom stereocenters. The average molecular weight is 274 g/mol. The van der Waals surface area contributed by atoms with Crippen molar-refractivity contribution in [2.45, 2.75) is 0 Å². The number of nitrogens with one attached hydrogen (secondary N) is 2. The zero-order chi connectivity index (χ0) is 13.2. The van der Waals surface area contributed by atoms with Crippen LogP contribution in [-0.4, -0.2) is 17.1 Å². The topological polar surface area (TPSA) is 49.9 Å². The molecule has 0 aliphatic carbocycles. The maximum Gasteiger partial charge on any atom is 0.205 e. The van der Waals surface area contributed by atoms with Crippen LogP contribution in [-0.2, 0) is 0 Å². The van der Waals surface area contributed by atoms with Crippen LogP contribution >= 0.6 is 11.6 Å². The predicted molar refractivity (Wildman–Crippen MR) is 77.4 cm³/mol. The van der Waals surface area contributed by atoms with Crippen molar-refractivity contribution in [2.24, 2.45) is 0 Å². The summed E-state index contributed by atoms with van der Waals surface area (Å²) in [6.45, 7) is 0. The first kappa shape index (κ1) is 11.9. The molecule has 5 heteroatoms. The molecule has 1 heterocycles. The molecule has 0 aliphatic rings. The molecule has 0 fully saturated rings. The molecule has 0 amide bonds. The van der Waals surface area contributed by atoms with Gasteiger partial charge in [-0.05, 0) is 36.4 Å². The fourth-order valence-electron chi connectivity index (χ4n) is 1.84. The van der Waals surface area contributed by atoms with Crippen LogP contribution in [0.2, 0.25) is 5.02 Å². The number of nitrogens with zero attached hydrogens (tertiary/aromatic N) is 1. The number of anilines is 2. The van der Waals surface area contributed by atoms with Crippen molar-refractivity contribution >= 4 is 34.3 Å². The van der Waals surface area contributed by atoms with Crippen molar-refractivity contribution in [1.29, 1.82) is 0 Å². The molecule has 19 heavy (non-hydrogen) atoms. The van der Waals surface area contributed by atoms with E-state index in [9.17, 15) is 0 Å². The highest BCUT2D eigenvalue weighted by molar-refractivity contribution is 6.30. The van der Waals surface area contributed by atoms with Crippen molar-refractivity contribution in [2.75, 3.05) is 12.4 Å². The maximum absolute atomic E-state index is 5.85. The summed E-state index contributed by atoms with van der Waals surface area (Å²) in [7, 11) is 1.64. The fraction of sp³-hybridized carbons (Fsp3) is 0.0714. The van der Waals surface area contributed by atoms with Crippen LogP contribution in [0.1, 0.15) is 0 Å². The number of hydrogen-bond acceptors (Lipinski definition) is 3. The molecule has 96 valence electrons. The van der Waals surface area contributed by atoms with Gasteiger partial charge in [-0.25, -0.2) is 4.98 Å². The third-order valence-electron chi connectivity index (χ3n) is 2.80.